The summed E-state index contributed by atoms with van der Waals surface area (Å²) in [4.78, 5) is 15.3. The normalized spacial score (nSPS) is 11.4. The molecule has 0 aliphatic heterocycles. The molecule has 0 aliphatic carbocycles. The number of rotatable bonds is 3. The first-order chi connectivity index (χ1) is 9.81. The summed E-state index contributed by atoms with van der Waals surface area (Å²) in [5.41, 5.74) is 6.02. The van der Waals surface area contributed by atoms with E-state index in [4.69, 9.17) is 5.73 Å². The molecule has 0 atom stereocenters. The van der Waals surface area contributed by atoms with E-state index >= 15 is 0 Å². The van der Waals surface area contributed by atoms with Crippen molar-refractivity contribution in [2.24, 2.45) is 0 Å². The van der Waals surface area contributed by atoms with Gasteiger partial charge in [0.2, 0.25) is 11.0 Å². The number of H-pyrrole nitrogens is 1. The summed E-state index contributed by atoms with van der Waals surface area (Å²) < 4.78 is 41.9. The van der Waals surface area contributed by atoms with Crippen LogP contribution >= 0.6 is 11.8 Å². The van der Waals surface area contributed by atoms with Gasteiger partial charge < -0.3 is 10.5 Å². The number of aromatic nitrogens is 3. The highest BCUT2D eigenvalue weighted by Gasteiger charge is 2.35. The number of carbonyl (C=O) groups is 1. The van der Waals surface area contributed by atoms with Gasteiger partial charge >= 0.3 is 12.1 Å². The fourth-order valence-corrected chi connectivity index (χ4v) is 2.24. The monoisotopic (exact) mass is 318 g/mol. The molecule has 2 rings (SSSR count). The topological polar surface area (TPSA) is 93.9 Å². The molecule has 1 aromatic heterocycles. The summed E-state index contributed by atoms with van der Waals surface area (Å²) >= 11 is 0.794. The number of alkyl halides is 3. The Morgan fingerprint density at radius 3 is 2.71 bits per heavy atom. The summed E-state index contributed by atoms with van der Waals surface area (Å²) in [5.74, 6) is -1.86. The van der Waals surface area contributed by atoms with E-state index in [0.29, 0.717) is 10.6 Å². The highest BCUT2D eigenvalue weighted by molar-refractivity contribution is 7.99. The summed E-state index contributed by atoms with van der Waals surface area (Å²) in [7, 11) is 1.19. The lowest BCUT2D eigenvalue weighted by Gasteiger charge is -2.06. The molecule has 2 aromatic rings. The van der Waals surface area contributed by atoms with Crippen LogP contribution in [0.15, 0.2) is 28.3 Å². The van der Waals surface area contributed by atoms with E-state index in [1.54, 1.807) is 5.10 Å². The van der Waals surface area contributed by atoms with E-state index in [0.717, 1.165) is 11.8 Å². The second kappa shape index (κ2) is 5.64. The van der Waals surface area contributed by atoms with Crippen molar-refractivity contribution in [3.8, 4) is 0 Å². The number of anilines is 1. The highest BCUT2D eigenvalue weighted by Crippen LogP contribution is 2.32. The third kappa shape index (κ3) is 3.45. The molecular weight excluding hydrogens is 309 g/mol. The lowest BCUT2D eigenvalue weighted by Crippen LogP contribution is -2.07. The number of hydrogen-bond donors (Lipinski definition) is 2. The van der Waals surface area contributed by atoms with Gasteiger partial charge in [-0.1, -0.05) is 0 Å². The number of nitrogens with one attached hydrogen (secondary N) is 1. The third-order valence-corrected chi connectivity index (χ3v) is 3.28. The fourth-order valence-electron chi connectivity index (χ4n) is 1.42. The van der Waals surface area contributed by atoms with E-state index < -0.39 is 18.0 Å². The maximum Gasteiger partial charge on any atom is 0.451 e. The second-order valence-electron chi connectivity index (χ2n) is 3.81. The molecule has 0 radical (unpaired) electrons. The van der Waals surface area contributed by atoms with Gasteiger partial charge in [-0.05, 0) is 30.0 Å². The van der Waals surface area contributed by atoms with Crippen LogP contribution in [0.5, 0.6) is 0 Å². The largest absolute Gasteiger partial charge is 0.465 e. The Hall–Kier alpha value is -2.23. The molecule has 6 nitrogen and oxygen atoms in total. The van der Waals surface area contributed by atoms with Crippen LogP contribution in [0.3, 0.4) is 0 Å². The number of hydrogen-bond acceptors (Lipinski definition) is 6. The Bertz CT molecular complexity index is 672. The predicted octanol–water partition coefficient (Wildman–Crippen LogP) is 2.34. The molecule has 1 heterocycles. The van der Waals surface area contributed by atoms with E-state index in [1.807, 2.05) is 0 Å². The highest BCUT2D eigenvalue weighted by atomic mass is 32.2. The number of benzene rings is 1. The molecular formula is C11H9F3N4O2S. The van der Waals surface area contributed by atoms with Crippen LogP contribution in [0.25, 0.3) is 0 Å². The third-order valence-electron chi connectivity index (χ3n) is 2.34. The van der Waals surface area contributed by atoms with E-state index in [1.165, 1.54) is 25.3 Å². The van der Waals surface area contributed by atoms with Gasteiger partial charge in [-0.3, -0.25) is 5.10 Å². The summed E-state index contributed by atoms with van der Waals surface area (Å²) in [6, 6.07) is 4.35. The SMILES string of the molecule is COC(=O)c1cc(N)ccc1Sc1n[nH]c(C(F)(F)F)n1. The van der Waals surface area contributed by atoms with Crippen molar-refractivity contribution in [1.82, 2.24) is 15.2 Å². The van der Waals surface area contributed by atoms with Gasteiger partial charge in [0.1, 0.15) is 0 Å². The quantitative estimate of drug-likeness (QED) is 0.666. The molecule has 0 spiro atoms. The number of nitrogen functional groups attached to an aromatic ring is 1. The molecule has 0 amide bonds. The zero-order valence-corrected chi connectivity index (χ0v) is 11.4. The zero-order chi connectivity index (χ0) is 15.6. The van der Waals surface area contributed by atoms with Crippen molar-refractivity contribution in [3.05, 3.63) is 29.6 Å². The standard InChI is InChI=1S/C11H9F3N4O2S/c1-20-8(19)6-4-5(15)2-3-7(6)21-10-16-9(17-18-10)11(12,13)14/h2-4H,15H2,1H3,(H,16,17,18). The van der Waals surface area contributed by atoms with Crippen molar-refractivity contribution in [2.75, 3.05) is 12.8 Å². The average molecular weight is 318 g/mol. The Morgan fingerprint density at radius 1 is 1.43 bits per heavy atom. The number of halogens is 3. The van der Waals surface area contributed by atoms with Gasteiger partial charge in [0, 0.05) is 10.6 Å². The van der Waals surface area contributed by atoms with Gasteiger partial charge in [0.15, 0.2) is 0 Å². The fraction of sp³-hybridized carbons (Fsp3) is 0.182. The average Bonchev–Trinajstić information content (AvgIpc) is 2.88. The first-order valence-corrected chi connectivity index (χ1v) is 6.28. The van der Waals surface area contributed by atoms with Crippen molar-refractivity contribution >= 4 is 23.4 Å². The minimum absolute atomic E-state index is 0.126. The minimum Gasteiger partial charge on any atom is -0.465 e. The van der Waals surface area contributed by atoms with Gasteiger partial charge in [-0.15, -0.1) is 5.10 Å². The predicted molar refractivity (Wildman–Crippen MR) is 67.7 cm³/mol. The number of ether oxygens (including phenoxy) is 1. The Morgan fingerprint density at radius 2 is 2.14 bits per heavy atom. The van der Waals surface area contributed by atoms with Crippen LogP contribution in [0.1, 0.15) is 16.2 Å². The summed E-state index contributed by atoms with van der Waals surface area (Å²) in [6.45, 7) is 0. The molecule has 21 heavy (non-hydrogen) atoms. The van der Waals surface area contributed by atoms with Gasteiger partial charge in [-0.2, -0.15) is 18.2 Å². The molecule has 0 bridgehead atoms. The Labute approximate surface area is 120 Å². The number of esters is 1. The Balaban J connectivity index is 2.31. The minimum atomic E-state index is -4.61. The van der Waals surface area contributed by atoms with Gasteiger partial charge in [0.25, 0.3) is 0 Å². The molecule has 3 N–H and O–H groups in total. The molecule has 10 heteroatoms. The van der Waals surface area contributed by atoms with Crippen molar-refractivity contribution in [1.29, 1.82) is 0 Å². The van der Waals surface area contributed by atoms with Crippen LogP contribution in [0.4, 0.5) is 18.9 Å². The van der Waals surface area contributed by atoms with Gasteiger partial charge in [-0.25, -0.2) is 4.79 Å². The van der Waals surface area contributed by atoms with Crippen molar-refractivity contribution in [3.63, 3.8) is 0 Å². The lowest BCUT2D eigenvalue weighted by molar-refractivity contribution is -0.144. The van der Waals surface area contributed by atoms with Crippen LogP contribution in [0, 0.1) is 0 Å². The number of nitrogens with two attached hydrogens (primary N) is 1. The first-order valence-electron chi connectivity index (χ1n) is 5.46. The molecule has 0 saturated carbocycles. The maximum absolute atomic E-state index is 12.4. The number of nitrogens with zero attached hydrogens (tertiary/aromatic N) is 2. The molecule has 112 valence electrons. The second-order valence-corrected chi connectivity index (χ2v) is 4.82. The molecule has 1 aromatic carbocycles. The number of aromatic amines is 1. The van der Waals surface area contributed by atoms with E-state index in [9.17, 15) is 18.0 Å². The van der Waals surface area contributed by atoms with Crippen LogP contribution in [-0.4, -0.2) is 28.3 Å². The maximum atomic E-state index is 12.4. The van der Waals surface area contributed by atoms with Crippen LogP contribution in [-0.2, 0) is 10.9 Å². The van der Waals surface area contributed by atoms with E-state index in [-0.39, 0.29) is 10.7 Å². The van der Waals surface area contributed by atoms with Gasteiger partial charge in [0.05, 0.1) is 12.7 Å². The summed E-state index contributed by atoms with van der Waals surface area (Å²) in [6.07, 6.45) is -4.61. The molecule has 0 aliphatic rings. The Kier molecular flexibility index (Phi) is 4.07. The first kappa shape index (κ1) is 15.2. The summed E-state index contributed by atoms with van der Waals surface area (Å²) in [5, 5.41) is 5.07. The number of methoxy groups -OCH3 is 1. The zero-order valence-electron chi connectivity index (χ0n) is 10.6. The van der Waals surface area contributed by atoms with Crippen molar-refractivity contribution < 1.29 is 22.7 Å². The molecule has 0 unspecified atom stereocenters. The van der Waals surface area contributed by atoms with Crippen molar-refractivity contribution in [2.45, 2.75) is 16.2 Å². The lowest BCUT2D eigenvalue weighted by atomic mass is 10.2. The number of carbonyl (C=O) groups excluding carboxylic acids is 1. The smallest absolute Gasteiger partial charge is 0.451 e. The van der Waals surface area contributed by atoms with Crippen LogP contribution < -0.4 is 5.73 Å². The molecule has 0 fully saturated rings. The van der Waals surface area contributed by atoms with Crippen LogP contribution in [0.2, 0.25) is 0 Å². The van der Waals surface area contributed by atoms with E-state index in [2.05, 4.69) is 14.8 Å². The molecule has 0 saturated heterocycles.